The van der Waals surface area contributed by atoms with Crippen molar-refractivity contribution in [2.75, 3.05) is 20.2 Å². The third-order valence-electron chi connectivity index (χ3n) is 3.12. The summed E-state index contributed by atoms with van der Waals surface area (Å²) in [6.07, 6.45) is 2.60. The van der Waals surface area contributed by atoms with Gasteiger partial charge in [-0.3, -0.25) is 4.79 Å². The minimum absolute atomic E-state index is 0.0348. The first-order valence-corrected chi connectivity index (χ1v) is 7.28. The van der Waals surface area contributed by atoms with Gasteiger partial charge < -0.3 is 15.4 Å². The van der Waals surface area contributed by atoms with Crippen molar-refractivity contribution in [3.05, 3.63) is 28.2 Å². The molecule has 5 heteroatoms. The molecule has 4 nitrogen and oxygen atoms in total. The molecule has 0 radical (unpaired) electrons. The van der Waals surface area contributed by atoms with Crippen LogP contribution in [0, 0.1) is 5.92 Å². The number of methoxy groups -OCH3 is 1. The minimum Gasteiger partial charge on any atom is -0.496 e. The Morgan fingerprint density at radius 2 is 2.26 bits per heavy atom. The predicted molar refractivity (Wildman–Crippen MR) is 78.1 cm³/mol. The smallest absolute Gasteiger partial charge is 0.234 e. The third-order valence-corrected chi connectivity index (χ3v) is 3.74. The zero-order valence-corrected chi connectivity index (χ0v) is 12.6. The minimum atomic E-state index is 0.0348. The third kappa shape index (κ3) is 4.84. The molecular weight excluding hydrogens is 308 g/mol. The van der Waals surface area contributed by atoms with E-state index in [9.17, 15) is 4.79 Å². The number of carbonyl (C=O) groups is 1. The number of carbonyl (C=O) groups excluding carboxylic acids is 1. The van der Waals surface area contributed by atoms with Crippen molar-refractivity contribution < 1.29 is 9.53 Å². The fourth-order valence-corrected chi connectivity index (χ4v) is 2.38. The summed E-state index contributed by atoms with van der Waals surface area (Å²) in [6, 6.07) is 5.79. The molecule has 1 aromatic carbocycles. The SMILES string of the molecule is COc1ccc(CNC(=O)CNCC2CC2)cc1Br. The molecule has 2 N–H and O–H groups in total. The van der Waals surface area contributed by atoms with Crippen molar-refractivity contribution in [3.63, 3.8) is 0 Å². The van der Waals surface area contributed by atoms with E-state index in [1.165, 1.54) is 12.8 Å². The first kappa shape index (κ1) is 14.3. The number of benzene rings is 1. The van der Waals surface area contributed by atoms with Gasteiger partial charge in [0.1, 0.15) is 5.75 Å². The molecule has 0 heterocycles. The van der Waals surface area contributed by atoms with E-state index < -0.39 is 0 Å². The highest BCUT2D eigenvalue weighted by Crippen LogP contribution is 2.27. The molecule has 0 atom stereocenters. The molecular formula is C14H19BrN2O2. The fraction of sp³-hybridized carbons (Fsp3) is 0.500. The number of halogens is 1. The van der Waals surface area contributed by atoms with Crippen LogP contribution in [0.2, 0.25) is 0 Å². The zero-order chi connectivity index (χ0) is 13.7. The van der Waals surface area contributed by atoms with Crippen LogP contribution in [0.4, 0.5) is 0 Å². The fourth-order valence-electron chi connectivity index (χ4n) is 1.79. The Morgan fingerprint density at radius 1 is 1.47 bits per heavy atom. The average molecular weight is 327 g/mol. The molecule has 0 bridgehead atoms. The van der Waals surface area contributed by atoms with Gasteiger partial charge in [0, 0.05) is 6.54 Å². The van der Waals surface area contributed by atoms with Crippen LogP contribution in [-0.2, 0) is 11.3 Å². The van der Waals surface area contributed by atoms with Gasteiger partial charge in [-0.05, 0) is 58.9 Å². The predicted octanol–water partition coefficient (Wildman–Crippen LogP) is 2.07. The van der Waals surface area contributed by atoms with Crippen LogP contribution >= 0.6 is 15.9 Å². The molecule has 1 aromatic rings. The molecule has 0 aliphatic heterocycles. The van der Waals surface area contributed by atoms with Crippen molar-refractivity contribution in [2.24, 2.45) is 5.92 Å². The molecule has 0 spiro atoms. The summed E-state index contributed by atoms with van der Waals surface area (Å²) in [6.45, 7) is 1.89. The zero-order valence-electron chi connectivity index (χ0n) is 11.0. The van der Waals surface area contributed by atoms with Crippen molar-refractivity contribution >= 4 is 21.8 Å². The summed E-state index contributed by atoms with van der Waals surface area (Å²) >= 11 is 3.43. The molecule has 0 unspecified atom stereocenters. The Bertz CT molecular complexity index is 447. The largest absolute Gasteiger partial charge is 0.496 e. The topological polar surface area (TPSA) is 50.4 Å². The number of nitrogens with one attached hydrogen (secondary N) is 2. The van der Waals surface area contributed by atoms with Gasteiger partial charge in [-0.1, -0.05) is 6.07 Å². The van der Waals surface area contributed by atoms with Crippen LogP contribution in [0.1, 0.15) is 18.4 Å². The van der Waals surface area contributed by atoms with Crippen molar-refractivity contribution in [2.45, 2.75) is 19.4 Å². The lowest BCUT2D eigenvalue weighted by Crippen LogP contribution is -2.34. The molecule has 1 aliphatic rings. The molecule has 1 aliphatic carbocycles. The van der Waals surface area contributed by atoms with Gasteiger partial charge >= 0.3 is 0 Å². The Balaban J connectivity index is 1.71. The highest BCUT2D eigenvalue weighted by Gasteiger charge is 2.20. The van der Waals surface area contributed by atoms with Crippen LogP contribution in [0.5, 0.6) is 5.75 Å². The normalized spacial score (nSPS) is 14.2. The van der Waals surface area contributed by atoms with Crippen molar-refractivity contribution in [3.8, 4) is 5.75 Å². The summed E-state index contributed by atoms with van der Waals surface area (Å²) in [5.74, 6) is 1.62. The maximum atomic E-state index is 11.6. The lowest BCUT2D eigenvalue weighted by molar-refractivity contribution is -0.120. The first-order chi connectivity index (χ1) is 9.19. The lowest BCUT2D eigenvalue weighted by atomic mass is 10.2. The van der Waals surface area contributed by atoms with E-state index in [4.69, 9.17) is 4.74 Å². The van der Waals surface area contributed by atoms with Crippen LogP contribution in [0.15, 0.2) is 22.7 Å². The number of hydrogen-bond acceptors (Lipinski definition) is 3. The Morgan fingerprint density at radius 3 is 2.89 bits per heavy atom. The van der Waals surface area contributed by atoms with Crippen molar-refractivity contribution in [1.82, 2.24) is 10.6 Å². The summed E-state index contributed by atoms with van der Waals surface area (Å²) in [5.41, 5.74) is 1.04. The van der Waals surface area contributed by atoms with Gasteiger partial charge in [-0.2, -0.15) is 0 Å². The maximum Gasteiger partial charge on any atom is 0.234 e. The summed E-state index contributed by atoms with van der Waals surface area (Å²) in [5, 5.41) is 6.07. The van der Waals surface area contributed by atoms with E-state index >= 15 is 0 Å². The molecule has 1 amide bonds. The van der Waals surface area contributed by atoms with E-state index in [1.54, 1.807) is 7.11 Å². The second kappa shape index (κ2) is 6.91. The molecule has 0 aromatic heterocycles. The van der Waals surface area contributed by atoms with Crippen LogP contribution in [-0.4, -0.2) is 26.1 Å². The van der Waals surface area contributed by atoms with E-state index in [-0.39, 0.29) is 5.91 Å². The Hall–Kier alpha value is -1.07. The van der Waals surface area contributed by atoms with E-state index in [2.05, 4.69) is 26.6 Å². The van der Waals surface area contributed by atoms with Gasteiger partial charge in [0.15, 0.2) is 0 Å². The van der Waals surface area contributed by atoms with Gasteiger partial charge in [-0.25, -0.2) is 0 Å². The summed E-state index contributed by atoms with van der Waals surface area (Å²) < 4.78 is 6.06. The Kier molecular flexibility index (Phi) is 5.22. The second-order valence-corrected chi connectivity index (χ2v) is 5.67. The lowest BCUT2D eigenvalue weighted by Gasteiger charge is -2.08. The quantitative estimate of drug-likeness (QED) is 0.806. The average Bonchev–Trinajstić information content (AvgIpc) is 3.20. The van der Waals surface area contributed by atoms with Gasteiger partial charge in [0.2, 0.25) is 5.91 Å². The molecule has 104 valence electrons. The molecule has 19 heavy (non-hydrogen) atoms. The highest BCUT2D eigenvalue weighted by molar-refractivity contribution is 9.10. The number of ether oxygens (including phenoxy) is 1. The standard InChI is InChI=1S/C14H19BrN2O2/c1-19-13-5-4-11(6-12(13)15)8-17-14(18)9-16-7-10-2-3-10/h4-6,10,16H,2-3,7-9H2,1H3,(H,17,18). The number of hydrogen-bond donors (Lipinski definition) is 2. The molecule has 0 saturated heterocycles. The number of amides is 1. The molecule has 1 saturated carbocycles. The van der Waals surface area contributed by atoms with Gasteiger partial charge in [-0.15, -0.1) is 0 Å². The van der Waals surface area contributed by atoms with Crippen LogP contribution < -0.4 is 15.4 Å². The molecule has 1 fully saturated rings. The molecule has 2 rings (SSSR count). The summed E-state index contributed by atoms with van der Waals surface area (Å²) in [4.78, 5) is 11.6. The number of rotatable bonds is 7. The van der Waals surface area contributed by atoms with Crippen molar-refractivity contribution in [1.29, 1.82) is 0 Å². The monoisotopic (exact) mass is 326 g/mol. The maximum absolute atomic E-state index is 11.6. The second-order valence-electron chi connectivity index (χ2n) is 4.82. The van der Waals surface area contributed by atoms with E-state index in [0.29, 0.717) is 13.1 Å². The van der Waals surface area contributed by atoms with Crippen LogP contribution in [0.3, 0.4) is 0 Å². The van der Waals surface area contributed by atoms with Gasteiger partial charge in [0.05, 0.1) is 18.1 Å². The van der Waals surface area contributed by atoms with E-state index in [0.717, 1.165) is 28.2 Å². The summed E-state index contributed by atoms with van der Waals surface area (Å²) in [7, 11) is 1.63. The highest BCUT2D eigenvalue weighted by atomic mass is 79.9. The van der Waals surface area contributed by atoms with E-state index in [1.807, 2.05) is 18.2 Å². The Labute approximate surface area is 122 Å². The first-order valence-electron chi connectivity index (χ1n) is 6.49. The van der Waals surface area contributed by atoms with Gasteiger partial charge in [0.25, 0.3) is 0 Å². The van der Waals surface area contributed by atoms with Crippen LogP contribution in [0.25, 0.3) is 0 Å².